The number of nitrogens with one attached hydrogen (secondary N) is 1. The number of hydrogen-bond acceptors (Lipinski definition) is 4. The second-order valence-electron chi connectivity index (χ2n) is 6.65. The van der Waals surface area contributed by atoms with E-state index in [1.165, 1.54) is 17.5 Å². The van der Waals surface area contributed by atoms with E-state index >= 15 is 0 Å². The molecule has 3 rings (SSSR count). The monoisotopic (exact) mass is 452 g/mol. The van der Waals surface area contributed by atoms with E-state index < -0.39 is 53.0 Å². The van der Waals surface area contributed by atoms with Crippen molar-refractivity contribution in [1.82, 2.24) is 10.2 Å². The third-order valence-electron chi connectivity index (χ3n) is 4.90. The smallest absolute Gasteiger partial charge is 0.363 e. The van der Waals surface area contributed by atoms with E-state index in [1.807, 2.05) is 0 Å². The summed E-state index contributed by atoms with van der Waals surface area (Å²) in [5, 5.41) is 14.2. The highest BCUT2D eigenvalue weighted by Gasteiger charge is 2.69. The highest BCUT2D eigenvalue weighted by Crippen LogP contribution is 2.48. The molecule has 3 atom stereocenters. The van der Waals surface area contributed by atoms with Crippen LogP contribution in [-0.4, -0.2) is 40.8 Å². The van der Waals surface area contributed by atoms with Gasteiger partial charge in [0.15, 0.2) is 5.78 Å². The Kier molecular flexibility index (Phi) is 5.35. The van der Waals surface area contributed by atoms with Crippen LogP contribution in [0.5, 0.6) is 0 Å². The SMILES string of the molecule is CN1C(=O)N[C@H](c2cccc(C(F)(F)F)c2)[C@@H](C(=O)c2cccs2)[C@@]1(O)C(F)(F)F. The van der Waals surface area contributed by atoms with E-state index in [0.29, 0.717) is 19.2 Å². The van der Waals surface area contributed by atoms with Crippen LogP contribution in [0.15, 0.2) is 41.8 Å². The molecule has 162 valence electrons. The van der Waals surface area contributed by atoms with Gasteiger partial charge in [-0.15, -0.1) is 11.3 Å². The first kappa shape index (κ1) is 22.1. The largest absolute Gasteiger partial charge is 0.437 e. The van der Waals surface area contributed by atoms with E-state index in [1.54, 1.807) is 0 Å². The lowest BCUT2D eigenvalue weighted by molar-refractivity contribution is -0.322. The molecule has 30 heavy (non-hydrogen) atoms. The van der Waals surface area contributed by atoms with Crippen LogP contribution in [0.4, 0.5) is 31.1 Å². The second-order valence-corrected chi connectivity index (χ2v) is 7.60. The first-order valence-corrected chi connectivity index (χ1v) is 9.24. The lowest BCUT2D eigenvalue weighted by Crippen LogP contribution is -2.72. The van der Waals surface area contributed by atoms with Crippen LogP contribution in [-0.2, 0) is 6.18 Å². The molecule has 12 heteroatoms. The molecule has 0 saturated carbocycles. The molecule has 2 heterocycles. The van der Waals surface area contributed by atoms with Crippen LogP contribution < -0.4 is 5.32 Å². The number of ketones is 1. The molecule has 1 aromatic heterocycles. The molecule has 2 N–H and O–H groups in total. The number of amides is 2. The zero-order valence-electron chi connectivity index (χ0n) is 15.1. The zero-order chi connectivity index (χ0) is 22.5. The molecule has 1 aromatic carbocycles. The predicted octanol–water partition coefficient (Wildman–Crippen LogP) is 4.21. The van der Waals surface area contributed by atoms with Gasteiger partial charge in [-0.1, -0.05) is 18.2 Å². The standard InChI is InChI=1S/C18H14F6N2O3S/c1-26-15(28)25-13(9-4-2-5-10(8-9)17(19,20)21)12(16(26,29)18(22,23)24)14(27)11-6-3-7-30-11/h2-8,12-13,29H,1H3,(H,25,28)/t12-,13+,16+/m0/s1. The van der Waals surface area contributed by atoms with Gasteiger partial charge in [-0.05, 0) is 29.1 Å². The number of alkyl halides is 6. The normalized spacial score (nSPS) is 25.2. The summed E-state index contributed by atoms with van der Waals surface area (Å²) in [6.07, 6.45) is -10.3. The van der Waals surface area contributed by atoms with Gasteiger partial charge in [-0.3, -0.25) is 9.69 Å². The minimum Gasteiger partial charge on any atom is -0.363 e. The van der Waals surface area contributed by atoms with Crippen molar-refractivity contribution in [3.8, 4) is 0 Å². The van der Waals surface area contributed by atoms with Crippen molar-refractivity contribution in [2.75, 3.05) is 7.05 Å². The third kappa shape index (κ3) is 3.54. The molecule has 0 aliphatic carbocycles. The first-order chi connectivity index (χ1) is 13.8. The van der Waals surface area contributed by atoms with Crippen LogP contribution >= 0.6 is 11.3 Å². The van der Waals surface area contributed by atoms with Gasteiger partial charge < -0.3 is 10.4 Å². The lowest BCUT2D eigenvalue weighted by Gasteiger charge is -2.49. The van der Waals surface area contributed by atoms with Gasteiger partial charge in [0, 0.05) is 7.05 Å². The predicted molar refractivity (Wildman–Crippen MR) is 93.6 cm³/mol. The quantitative estimate of drug-likeness (QED) is 0.542. The highest BCUT2D eigenvalue weighted by molar-refractivity contribution is 7.12. The van der Waals surface area contributed by atoms with Crippen molar-refractivity contribution < 1.29 is 41.0 Å². The lowest BCUT2D eigenvalue weighted by atomic mass is 9.77. The minimum absolute atomic E-state index is 0.0622. The molecule has 1 fully saturated rings. The molecule has 5 nitrogen and oxygen atoms in total. The number of nitrogens with zero attached hydrogens (tertiary/aromatic N) is 1. The molecule has 1 aliphatic heterocycles. The number of rotatable bonds is 3. The van der Waals surface area contributed by atoms with Crippen LogP contribution in [0.2, 0.25) is 0 Å². The molecule has 1 saturated heterocycles. The van der Waals surface area contributed by atoms with Crippen molar-refractivity contribution in [3.05, 3.63) is 57.8 Å². The summed E-state index contributed by atoms with van der Waals surface area (Å²) in [5.74, 6) is -3.53. The Morgan fingerprint density at radius 2 is 1.83 bits per heavy atom. The summed E-state index contributed by atoms with van der Waals surface area (Å²) in [7, 11) is 0.653. The van der Waals surface area contributed by atoms with E-state index in [4.69, 9.17) is 0 Å². The molecule has 1 aliphatic rings. The fraction of sp³-hybridized carbons (Fsp3) is 0.333. The summed E-state index contributed by atoms with van der Waals surface area (Å²) in [6, 6.07) is 2.61. The average molecular weight is 452 g/mol. The molecule has 0 bridgehead atoms. The zero-order valence-corrected chi connectivity index (χ0v) is 15.9. The molecule has 2 amide bonds. The topological polar surface area (TPSA) is 69.6 Å². The summed E-state index contributed by atoms with van der Waals surface area (Å²) >= 11 is 0.803. The number of Topliss-reactive ketones (excluding diaryl/α,β-unsaturated/α-hetero) is 1. The van der Waals surface area contributed by atoms with E-state index in [-0.39, 0.29) is 9.78 Å². The fourth-order valence-corrected chi connectivity index (χ4v) is 4.07. The van der Waals surface area contributed by atoms with Gasteiger partial charge in [0.25, 0.3) is 5.72 Å². The number of halogens is 6. The fourth-order valence-electron chi connectivity index (χ4n) is 3.37. The maximum Gasteiger partial charge on any atom is 0.437 e. The second kappa shape index (κ2) is 7.27. The molecule has 2 aromatic rings. The van der Waals surface area contributed by atoms with Gasteiger partial charge in [0.05, 0.1) is 16.5 Å². The van der Waals surface area contributed by atoms with E-state index in [2.05, 4.69) is 5.32 Å². The number of hydrogen-bond donors (Lipinski definition) is 2. The summed E-state index contributed by atoms with van der Waals surface area (Å²) in [5.41, 5.74) is -5.52. The number of benzene rings is 1. The Balaban J connectivity index is 2.22. The Hall–Kier alpha value is -2.60. The van der Waals surface area contributed by atoms with Crippen molar-refractivity contribution >= 4 is 23.2 Å². The molecular weight excluding hydrogens is 438 g/mol. The number of thiophene rings is 1. The first-order valence-electron chi connectivity index (χ1n) is 8.36. The molecule has 0 radical (unpaired) electrons. The van der Waals surface area contributed by atoms with Crippen molar-refractivity contribution in [1.29, 1.82) is 0 Å². The Bertz CT molecular complexity index is 960. The van der Waals surface area contributed by atoms with Gasteiger partial charge in [-0.25, -0.2) is 4.79 Å². The average Bonchev–Trinajstić information content (AvgIpc) is 3.18. The Labute approximate surface area is 169 Å². The number of urea groups is 1. The highest BCUT2D eigenvalue weighted by atomic mass is 32.1. The summed E-state index contributed by atoms with van der Waals surface area (Å²) < 4.78 is 81.2. The Morgan fingerprint density at radius 3 is 2.37 bits per heavy atom. The maximum atomic E-state index is 14.0. The van der Waals surface area contributed by atoms with Gasteiger partial charge >= 0.3 is 18.4 Å². The van der Waals surface area contributed by atoms with Crippen LogP contribution in [0.1, 0.15) is 26.8 Å². The maximum absolute atomic E-state index is 14.0. The molecule has 0 unspecified atom stereocenters. The third-order valence-corrected chi connectivity index (χ3v) is 5.78. The van der Waals surface area contributed by atoms with Gasteiger partial charge in [-0.2, -0.15) is 26.3 Å². The van der Waals surface area contributed by atoms with Gasteiger partial charge in [0.1, 0.15) is 5.92 Å². The van der Waals surface area contributed by atoms with Crippen LogP contribution in [0.3, 0.4) is 0 Å². The summed E-state index contributed by atoms with van der Waals surface area (Å²) in [6.45, 7) is 0. The van der Waals surface area contributed by atoms with E-state index in [0.717, 1.165) is 23.5 Å². The van der Waals surface area contributed by atoms with Crippen molar-refractivity contribution in [2.24, 2.45) is 5.92 Å². The number of aliphatic hydroxyl groups is 1. The van der Waals surface area contributed by atoms with E-state index in [9.17, 15) is 41.0 Å². The molecule has 0 spiro atoms. The summed E-state index contributed by atoms with van der Waals surface area (Å²) in [4.78, 5) is 25.0. The molecular formula is C18H14F6N2O3S. The minimum atomic E-state index is -5.48. The number of carbonyl (C=O) groups is 2. The van der Waals surface area contributed by atoms with Crippen molar-refractivity contribution in [2.45, 2.75) is 24.1 Å². The van der Waals surface area contributed by atoms with Crippen LogP contribution in [0, 0.1) is 5.92 Å². The Morgan fingerprint density at radius 1 is 1.17 bits per heavy atom. The van der Waals surface area contributed by atoms with Crippen molar-refractivity contribution in [3.63, 3.8) is 0 Å². The number of carbonyl (C=O) groups excluding carboxylic acids is 2. The van der Waals surface area contributed by atoms with Crippen LogP contribution in [0.25, 0.3) is 0 Å². The van der Waals surface area contributed by atoms with Gasteiger partial charge in [0.2, 0.25) is 0 Å².